The van der Waals surface area contributed by atoms with Crippen LogP contribution in [0.25, 0.3) is 6.08 Å². The first-order valence-corrected chi connectivity index (χ1v) is 12.1. The molecule has 0 saturated carbocycles. The molecule has 1 amide bonds. The number of hydrogen-bond acceptors (Lipinski definition) is 2. The number of carbonyl (C=O) groups excluding carboxylic acids is 2. The molecule has 2 rings (SSSR count). The van der Waals surface area contributed by atoms with Crippen molar-refractivity contribution in [3.8, 4) is 0 Å². The van der Waals surface area contributed by atoms with Crippen LogP contribution in [0.5, 0.6) is 0 Å². The van der Waals surface area contributed by atoms with Gasteiger partial charge in [0.05, 0.1) is 32.1 Å². The van der Waals surface area contributed by atoms with E-state index in [1.165, 1.54) is 13.0 Å². The van der Waals surface area contributed by atoms with Gasteiger partial charge in [0, 0.05) is 12.5 Å². The van der Waals surface area contributed by atoms with E-state index in [0.717, 1.165) is 35.9 Å². The highest BCUT2D eigenvalue weighted by atomic mass is 35.5. The number of amides is 1. The van der Waals surface area contributed by atoms with Crippen molar-refractivity contribution < 1.29 is 35.9 Å². The summed E-state index contributed by atoms with van der Waals surface area (Å²) in [6.45, 7) is 4.86. The first-order chi connectivity index (χ1) is 17.4. The molecule has 0 saturated heterocycles. The highest BCUT2D eigenvalue weighted by molar-refractivity contribution is 6.48. The topological polar surface area (TPSA) is 46.2 Å². The molecule has 2 aromatic carbocycles. The van der Waals surface area contributed by atoms with Crippen LogP contribution in [0.1, 0.15) is 60.2 Å². The van der Waals surface area contributed by atoms with Gasteiger partial charge in [0.1, 0.15) is 0 Å². The van der Waals surface area contributed by atoms with E-state index in [1.54, 1.807) is 13.8 Å². The van der Waals surface area contributed by atoms with Gasteiger partial charge in [-0.1, -0.05) is 58.6 Å². The Balaban J connectivity index is 2.39. The van der Waals surface area contributed by atoms with Crippen LogP contribution in [0.3, 0.4) is 0 Å². The maximum atomic E-state index is 13.8. The molecule has 0 aliphatic rings. The molecular weight excluding hydrogens is 579 g/mol. The zero-order valence-corrected chi connectivity index (χ0v) is 22.5. The Morgan fingerprint density at radius 3 is 2.05 bits per heavy atom. The molecule has 3 nitrogen and oxygen atoms in total. The van der Waals surface area contributed by atoms with Gasteiger partial charge in [0.25, 0.3) is 5.91 Å². The maximum absolute atomic E-state index is 13.8. The van der Waals surface area contributed by atoms with Gasteiger partial charge in [-0.15, -0.1) is 0 Å². The molecule has 0 aromatic heterocycles. The van der Waals surface area contributed by atoms with Crippen LogP contribution in [-0.4, -0.2) is 23.9 Å². The molecule has 0 bridgehead atoms. The normalized spacial score (nSPS) is 13.8. The van der Waals surface area contributed by atoms with Gasteiger partial charge in [-0.3, -0.25) is 9.59 Å². The summed E-state index contributed by atoms with van der Waals surface area (Å²) in [5.74, 6) is -3.65. The van der Waals surface area contributed by atoms with E-state index in [1.807, 2.05) is 0 Å². The van der Waals surface area contributed by atoms with Crippen LogP contribution >= 0.6 is 34.8 Å². The standard InChI is InChI=1S/C26H22Cl3F6NO2/c1-13(2)8-17(37)9-14(3)36-24(38)18-6-4-15(10-20(18)26(33,34)35)5-7-19(25(30,31)32)16-11-21(27)23(29)22(28)12-16/h4-8,10-12,14,19H,9H2,1-3H3,(H,36,38)/b7-5+/t14-,19?/m1/s1. The molecule has 0 radical (unpaired) electrons. The van der Waals surface area contributed by atoms with Crippen molar-refractivity contribution in [3.63, 3.8) is 0 Å². The molecule has 0 aliphatic heterocycles. The first kappa shape index (κ1) is 31.7. The third kappa shape index (κ3) is 8.78. The van der Waals surface area contributed by atoms with Gasteiger partial charge >= 0.3 is 12.4 Å². The number of carbonyl (C=O) groups is 2. The van der Waals surface area contributed by atoms with Gasteiger partial charge in [-0.05, 0) is 62.2 Å². The van der Waals surface area contributed by atoms with Crippen LogP contribution in [0.4, 0.5) is 26.3 Å². The van der Waals surface area contributed by atoms with Gasteiger partial charge in [0.2, 0.25) is 0 Å². The molecular formula is C26H22Cl3F6NO2. The third-order valence-electron chi connectivity index (χ3n) is 5.13. The monoisotopic (exact) mass is 599 g/mol. The smallest absolute Gasteiger partial charge is 0.349 e. The van der Waals surface area contributed by atoms with Crippen LogP contribution in [0.2, 0.25) is 15.1 Å². The summed E-state index contributed by atoms with van der Waals surface area (Å²) in [4.78, 5) is 24.5. The van der Waals surface area contributed by atoms with Crippen molar-refractivity contribution in [3.05, 3.63) is 85.4 Å². The summed E-state index contributed by atoms with van der Waals surface area (Å²) in [6.07, 6.45) is -7.09. The first-order valence-electron chi connectivity index (χ1n) is 11.0. The van der Waals surface area contributed by atoms with Crippen LogP contribution in [-0.2, 0) is 11.0 Å². The number of nitrogens with one attached hydrogen (secondary N) is 1. The number of benzene rings is 2. The van der Waals surface area contributed by atoms with E-state index in [4.69, 9.17) is 34.8 Å². The molecule has 38 heavy (non-hydrogen) atoms. The van der Waals surface area contributed by atoms with Crippen LogP contribution in [0, 0.1) is 0 Å². The Bertz CT molecular complexity index is 1240. The summed E-state index contributed by atoms with van der Waals surface area (Å²) in [7, 11) is 0. The van der Waals surface area contributed by atoms with Crippen molar-refractivity contribution in [1.29, 1.82) is 0 Å². The number of halogens is 9. The van der Waals surface area contributed by atoms with Crippen molar-refractivity contribution in [2.24, 2.45) is 0 Å². The van der Waals surface area contributed by atoms with Gasteiger partial charge in [-0.25, -0.2) is 0 Å². The van der Waals surface area contributed by atoms with Crippen molar-refractivity contribution in [2.45, 2.75) is 51.5 Å². The molecule has 12 heteroatoms. The Labute approximate surface area is 230 Å². The molecule has 1 N–H and O–H groups in total. The molecule has 206 valence electrons. The molecule has 0 spiro atoms. The zero-order chi connectivity index (χ0) is 29.0. The third-order valence-corrected chi connectivity index (χ3v) is 6.32. The van der Waals surface area contributed by atoms with E-state index < -0.39 is 41.3 Å². The van der Waals surface area contributed by atoms with E-state index in [9.17, 15) is 35.9 Å². The Morgan fingerprint density at radius 1 is 0.974 bits per heavy atom. The molecule has 1 unspecified atom stereocenters. The van der Waals surface area contributed by atoms with Crippen molar-refractivity contribution in [1.82, 2.24) is 5.32 Å². The van der Waals surface area contributed by atoms with Gasteiger partial charge < -0.3 is 5.32 Å². The van der Waals surface area contributed by atoms with E-state index in [-0.39, 0.29) is 38.4 Å². The SMILES string of the molecule is CC(C)=CC(=O)C[C@@H](C)NC(=O)c1ccc(/C=C/C(c2cc(Cl)c(Cl)c(Cl)c2)C(F)(F)F)cc1C(F)(F)F. The van der Waals surface area contributed by atoms with E-state index in [0.29, 0.717) is 12.1 Å². The molecule has 2 atom stereocenters. The Morgan fingerprint density at radius 2 is 1.55 bits per heavy atom. The lowest BCUT2D eigenvalue weighted by Gasteiger charge is -2.19. The highest BCUT2D eigenvalue weighted by Crippen LogP contribution is 2.41. The lowest BCUT2D eigenvalue weighted by molar-refractivity contribution is -0.139. The lowest BCUT2D eigenvalue weighted by Crippen LogP contribution is -2.35. The fraction of sp³-hybridized carbons (Fsp3) is 0.308. The Kier molecular flexibility index (Phi) is 10.5. The maximum Gasteiger partial charge on any atom is 0.417 e. The number of alkyl halides is 6. The van der Waals surface area contributed by atoms with Crippen molar-refractivity contribution in [2.75, 3.05) is 0 Å². The molecule has 0 heterocycles. The number of allylic oxidation sites excluding steroid dienone is 3. The summed E-state index contributed by atoms with van der Waals surface area (Å²) in [5.41, 5.74) is -1.95. The summed E-state index contributed by atoms with van der Waals surface area (Å²) in [5, 5.41) is 1.77. The zero-order valence-electron chi connectivity index (χ0n) is 20.2. The fourth-order valence-corrected chi connectivity index (χ4v) is 4.12. The quantitative estimate of drug-likeness (QED) is 0.187. The predicted molar refractivity (Wildman–Crippen MR) is 137 cm³/mol. The van der Waals surface area contributed by atoms with Crippen LogP contribution < -0.4 is 5.32 Å². The summed E-state index contributed by atoms with van der Waals surface area (Å²) >= 11 is 17.5. The average Bonchev–Trinajstić information content (AvgIpc) is 2.75. The van der Waals surface area contributed by atoms with Crippen LogP contribution in [0.15, 0.2) is 48.1 Å². The molecule has 0 aliphatic carbocycles. The van der Waals surface area contributed by atoms with Crippen molar-refractivity contribution >= 4 is 52.6 Å². The lowest BCUT2D eigenvalue weighted by atomic mass is 9.96. The predicted octanol–water partition coefficient (Wildman–Crippen LogP) is 9.07. The second-order valence-corrected chi connectivity index (χ2v) is 9.94. The fourth-order valence-electron chi connectivity index (χ4n) is 3.50. The number of rotatable bonds is 8. The van der Waals surface area contributed by atoms with E-state index >= 15 is 0 Å². The van der Waals surface area contributed by atoms with Gasteiger partial charge in [0.15, 0.2) is 5.78 Å². The Hall–Kier alpha value is -2.49. The highest BCUT2D eigenvalue weighted by Gasteiger charge is 2.40. The minimum absolute atomic E-state index is 0.128. The van der Waals surface area contributed by atoms with Gasteiger partial charge in [-0.2, -0.15) is 26.3 Å². The molecule has 0 fully saturated rings. The second-order valence-electron chi connectivity index (χ2n) is 8.75. The molecule has 2 aromatic rings. The summed E-state index contributed by atoms with van der Waals surface area (Å²) in [6, 6.07) is 3.68. The minimum Gasteiger partial charge on any atom is -0.349 e. The minimum atomic E-state index is -4.99. The summed E-state index contributed by atoms with van der Waals surface area (Å²) < 4.78 is 82.6. The second kappa shape index (κ2) is 12.6. The largest absolute Gasteiger partial charge is 0.417 e. The number of ketones is 1. The average molecular weight is 601 g/mol. The van der Waals surface area contributed by atoms with E-state index in [2.05, 4.69) is 5.32 Å². The number of hydrogen-bond donors (Lipinski definition) is 1.